The van der Waals surface area contributed by atoms with Crippen molar-refractivity contribution in [1.82, 2.24) is 0 Å². The molecule has 2 heterocycles. The minimum atomic E-state index is 0. The van der Waals surface area contributed by atoms with Crippen LogP contribution in [0.3, 0.4) is 0 Å². The Morgan fingerprint density at radius 2 is 0.902 bits per heavy atom. The van der Waals surface area contributed by atoms with Gasteiger partial charge in [0, 0.05) is 0 Å². The topological polar surface area (TPSA) is 26.3 Å². The van der Waals surface area contributed by atoms with Gasteiger partial charge in [0.1, 0.15) is 11.5 Å². The summed E-state index contributed by atoms with van der Waals surface area (Å²) in [7, 11) is 0. The van der Waals surface area contributed by atoms with Gasteiger partial charge in [-0.3, -0.25) is 12.2 Å². The van der Waals surface area contributed by atoms with E-state index in [-0.39, 0.29) is 62.9 Å². The van der Waals surface area contributed by atoms with Crippen LogP contribution in [0.25, 0.3) is 34.4 Å². The second kappa shape index (κ2) is 18.2. The first-order valence-electron chi connectivity index (χ1n) is 17.3. The van der Waals surface area contributed by atoms with Gasteiger partial charge in [0.2, 0.25) is 0 Å². The van der Waals surface area contributed by atoms with Gasteiger partial charge >= 0.3 is 26.2 Å². The van der Waals surface area contributed by atoms with Crippen LogP contribution in [0.2, 0.25) is 0 Å². The summed E-state index contributed by atoms with van der Waals surface area (Å²) in [5.41, 5.74) is 13.0. The second-order valence-electron chi connectivity index (χ2n) is 12.9. The predicted octanol–water partition coefficient (Wildman–Crippen LogP) is 6.34. The molecule has 2 aliphatic carbocycles. The fourth-order valence-electron chi connectivity index (χ4n) is 6.98. The Morgan fingerprint density at radius 1 is 0.510 bits per heavy atom. The third-order valence-corrected chi connectivity index (χ3v) is 9.39. The van der Waals surface area contributed by atoms with E-state index in [2.05, 4.69) is 135 Å². The summed E-state index contributed by atoms with van der Waals surface area (Å²) in [4.78, 5) is 0. The summed E-state index contributed by atoms with van der Waals surface area (Å²) in [6, 6.07) is 39.1. The Morgan fingerprint density at radius 3 is 1.24 bits per heavy atom. The molecule has 2 nitrogen and oxygen atoms in total. The molecular weight excluding hydrogens is 747 g/mol. The SMILES string of the molecule is CCCc1ccc(-c2cccc3c2C=[C-]C3c2ccc(C)o2)cc1.CCCc1ccc(-c2cccc3c2C=[C-]C3c2ccc(C)o2)cc1.[Cl-].[Cl-].[Zr+4]. The van der Waals surface area contributed by atoms with Crippen LogP contribution in [0.4, 0.5) is 0 Å². The van der Waals surface area contributed by atoms with E-state index in [0.29, 0.717) is 0 Å². The van der Waals surface area contributed by atoms with Crippen LogP contribution in [0.1, 0.15) is 94.9 Å². The molecule has 0 saturated carbocycles. The van der Waals surface area contributed by atoms with Crippen molar-refractivity contribution in [3.8, 4) is 22.3 Å². The Balaban J connectivity index is 0.000000216. The second-order valence-corrected chi connectivity index (χ2v) is 12.9. The smallest absolute Gasteiger partial charge is 1.00 e. The van der Waals surface area contributed by atoms with Crippen LogP contribution in [-0.2, 0) is 39.0 Å². The van der Waals surface area contributed by atoms with Crippen molar-refractivity contribution in [3.05, 3.63) is 178 Å². The van der Waals surface area contributed by atoms with Gasteiger partial charge in [0.15, 0.2) is 0 Å². The Labute approximate surface area is 335 Å². The molecule has 0 saturated heterocycles. The van der Waals surface area contributed by atoms with Crippen LogP contribution >= 0.6 is 0 Å². The first kappa shape index (κ1) is 40.2. The molecule has 0 aliphatic heterocycles. The quantitative estimate of drug-likeness (QED) is 0.169. The molecular formula is C46H42Cl2O2Zr. The third-order valence-electron chi connectivity index (χ3n) is 9.39. The van der Waals surface area contributed by atoms with Crippen molar-refractivity contribution in [2.24, 2.45) is 0 Å². The molecule has 51 heavy (non-hydrogen) atoms. The maximum atomic E-state index is 5.83. The van der Waals surface area contributed by atoms with Gasteiger partial charge in [-0.1, -0.05) is 123 Å². The molecule has 256 valence electrons. The minimum absolute atomic E-state index is 0. The van der Waals surface area contributed by atoms with E-state index in [9.17, 15) is 0 Å². The largest absolute Gasteiger partial charge is 4.00 e. The number of hydrogen-bond donors (Lipinski definition) is 0. The molecule has 4 aromatic carbocycles. The fraction of sp³-hybridized carbons (Fsp3) is 0.217. The van der Waals surface area contributed by atoms with Crippen LogP contribution in [0.5, 0.6) is 0 Å². The minimum Gasteiger partial charge on any atom is -1.00 e. The molecule has 8 rings (SSSR count). The number of aryl methyl sites for hydroxylation is 4. The number of furan rings is 2. The van der Waals surface area contributed by atoms with E-state index in [0.717, 1.165) is 35.9 Å². The zero-order valence-corrected chi connectivity index (χ0v) is 33.6. The normalized spacial score (nSPS) is 14.7. The van der Waals surface area contributed by atoms with Gasteiger partial charge in [0.25, 0.3) is 0 Å². The van der Waals surface area contributed by atoms with Gasteiger partial charge < -0.3 is 33.6 Å². The number of allylic oxidation sites excluding steroid dienone is 2. The monoisotopic (exact) mass is 786 g/mol. The molecule has 6 aromatic rings. The average molecular weight is 789 g/mol. The number of benzene rings is 4. The molecule has 2 atom stereocenters. The molecule has 5 heteroatoms. The molecule has 0 fully saturated rings. The third kappa shape index (κ3) is 8.72. The standard InChI is InChI=1S/2C23H21O.2ClH.Zr/c2*1-3-5-17-9-11-18(12-10-17)19-6-4-7-20-21(19)13-14-22(20)23-15-8-16(2)24-23;;;/h2*4,6-13,15,22H,3,5H2,1-2H3;2*1H;/q2*-1;;;+4/p-2. The molecule has 2 unspecified atom stereocenters. The van der Waals surface area contributed by atoms with Gasteiger partial charge in [-0.05, 0) is 85.0 Å². The number of rotatable bonds is 8. The zero-order valence-electron chi connectivity index (χ0n) is 29.6. The van der Waals surface area contributed by atoms with Gasteiger partial charge in [-0.25, -0.2) is 12.2 Å². The summed E-state index contributed by atoms with van der Waals surface area (Å²) < 4.78 is 11.7. The van der Waals surface area contributed by atoms with Crippen LogP contribution in [0.15, 0.2) is 118 Å². The first-order valence-corrected chi connectivity index (χ1v) is 17.3. The van der Waals surface area contributed by atoms with Crippen LogP contribution in [0, 0.1) is 26.0 Å². The Bertz CT molecular complexity index is 1930. The van der Waals surface area contributed by atoms with E-state index < -0.39 is 0 Å². The van der Waals surface area contributed by atoms with E-state index in [1.165, 1.54) is 68.5 Å². The van der Waals surface area contributed by atoms with E-state index in [1.54, 1.807) is 0 Å². The summed E-state index contributed by atoms with van der Waals surface area (Å²) in [5, 5.41) is 0. The maximum absolute atomic E-state index is 5.83. The van der Waals surface area contributed by atoms with Crippen LogP contribution < -0.4 is 24.8 Å². The fourth-order valence-corrected chi connectivity index (χ4v) is 6.98. The van der Waals surface area contributed by atoms with Crippen molar-refractivity contribution in [2.75, 3.05) is 0 Å². The molecule has 0 bridgehead atoms. The number of hydrogen-bond acceptors (Lipinski definition) is 2. The van der Waals surface area contributed by atoms with E-state index >= 15 is 0 Å². The van der Waals surface area contributed by atoms with Crippen molar-refractivity contribution in [2.45, 2.75) is 65.2 Å². The molecule has 0 spiro atoms. The number of halogens is 2. The van der Waals surface area contributed by atoms with Crippen molar-refractivity contribution >= 4 is 12.2 Å². The van der Waals surface area contributed by atoms with E-state index in [4.69, 9.17) is 8.83 Å². The van der Waals surface area contributed by atoms with E-state index in [1.807, 2.05) is 26.0 Å². The molecule has 2 aliphatic rings. The van der Waals surface area contributed by atoms with Crippen molar-refractivity contribution < 1.29 is 59.9 Å². The molecule has 0 N–H and O–H groups in total. The summed E-state index contributed by atoms with van der Waals surface area (Å²) in [5.74, 6) is 4.04. The summed E-state index contributed by atoms with van der Waals surface area (Å²) >= 11 is 0. The Kier molecular flexibility index (Phi) is 14.4. The summed E-state index contributed by atoms with van der Waals surface area (Å²) in [6.45, 7) is 8.40. The van der Waals surface area contributed by atoms with Gasteiger partial charge in [-0.2, -0.15) is 11.1 Å². The van der Waals surface area contributed by atoms with Crippen LogP contribution in [-0.4, -0.2) is 0 Å². The predicted molar refractivity (Wildman–Crippen MR) is 198 cm³/mol. The van der Waals surface area contributed by atoms with Gasteiger partial charge in [0.05, 0.1) is 11.5 Å². The zero-order chi connectivity index (χ0) is 33.0. The molecule has 2 aromatic heterocycles. The van der Waals surface area contributed by atoms with Gasteiger partial charge in [-0.15, -0.1) is 11.1 Å². The van der Waals surface area contributed by atoms with Crippen molar-refractivity contribution in [3.63, 3.8) is 0 Å². The Hall–Kier alpha value is -3.62. The molecule has 0 amide bonds. The maximum Gasteiger partial charge on any atom is 4.00 e. The summed E-state index contributed by atoms with van der Waals surface area (Å²) in [6.07, 6.45) is 15.8. The average Bonchev–Trinajstić information content (AvgIpc) is 3.92. The van der Waals surface area contributed by atoms with Crippen molar-refractivity contribution in [1.29, 1.82) is 0 Å². The molecule has 0 radical (unpaired) electrons. The number of fused-ring (bicyclic) bond motifs is 2. The first-order chi connectivity index (χ1) is 23.5.